The van der Waals surface area contributed by atoms with Crippen LogP contribution in [0.1, 0.15) is 22.3 Å². The molecule has 1 heteroatoms. The van der Waals surface area contributed by atoms with Gasteiger partial charge in [-0.05, 0) is 36.5 Å². The van der Waals surface area contributed by atoms with Crippen LogP contribution in [-0.4, -0.2) is 0 Å². The second kappa shape index (κ2) is 7.15. The lowest BCUT2D eigenvalue weighted by Gasteiger charge is -2.28. The summed E-state index contributed by atoms with van der Waals surface area (Å²) in [6.07, 6.45) is 1.42. The first-order valence-electron chi connectivity index (χ1n) is 8.28. The Balaban J connectivity index is 2.04. The van der Waals surface area contributed by atoms with Gasteiger partial charge in [0.1, 0.15) is 0 Å². The highest BCUT2D eigenvalue weighted by Crippen LogP contribution is 2.32. The van der Waals surface area contributed by atoms with Crippen LogP contribution in [-0.2, 0) is 18.3 Å². The van der Waals surface area contributed by atoms with Crippen LogP contribution in [0.25, 0.3) is 0 Å². The molecule has 0 aliphatic rings. The summed E-state index contributed by atoms with van der Waals surface area (Å²) in [5.74, 6) is 0. The molecule has 0 atom stereocenters. The van der Waals surface area contributed by atoms with Crippen molar-refractivity contribution in [2.45, 2.75) is 25.2 Å². The van der Waals surface area contributed by atoms with E-state index < -0.39 is 5.41 Å². The molecule has 0 aliphatic carbocycles. The van der Waals surface area contributed by atoms with Crippen molar-refractivity contribution in [3.63, 3.8) is 0 Å². The lowest BCUT2D eigenvalue weighted by Crippen LogP contribution is -2.30. The van der Waals surface area contributed by atoms with Crippen molar-refractivity contribution < 1.29 is 0 Å². The molecule has 3 rings (SSSR count). The molecule has 24 heavy (non-hydrogen) atoms. The van der Waals surface area contributed by atoms with Gasteiger partial charge in [-0.2, -0.15) is 5.26 Å². The Hall–Kier alpha value is -2.85. The van der Waals surface area contributed by atoms with Gasteiger partial charge in [-0.15, -0.1) is 0 Å². The Labute approximate surface area is 144 Å². The normalized spacial score (nSPS) is 11.0. The van der Waals surface area contributed by atoms with Crippen LogP contribution in [0.2, 0.25) is 0 Å². The largest absolute Gasteiger partial charge is 0.197 e. The van der Waals surface area contributed by atoms with Gasteiger partial charge < -0.3 is 0 Å². The van der Waals surface area contributed by atoms with Crippen molar-refractivity contribution in [3.05, 3.63) is 107 Å². The third-order valence-electron chi connectivity index (χ3n) is 4.52. The molecular formula is C23H21N. The summed E-state index contributed by atoms with van der Waals surface area (Å²) in [5.41, 5.74) is 4.12. The average molecular weight is 311 g/mol. The van der Waals surface area contributed by atoms with Crippen LogP contribution in [0.5, 0.6) is 0 Å². The van der Waals surface area contributed by atoms with Gasteiger partial charge in [0.2, 0.25) is 0 Å². The lowest BCUT2D eigenvalue weighted by atomic mass is 9.72. The summed E-state index contributed by atoms with van der Waals surface area (Å²) in [6.45, 7) is 2.08. The number of nitriles is 1. The van der Waals surface area contributed by atoms with Crippen LogP contribution >= 0.6 is 0 Å². The number of aryl methyl sites for hydroxylation is 1. The quantitative estimate of drug-likeness (QED) is 0.632. The molecule has 0 unspecified atom stereocenters. The summed E-state index contributed by atoms with van der Waals surface area (Å²) in [7, 11) is 0. The summed E-state index contributed by atoms with van der Waals surface area (Å²) in [6, 6.07) is 31.6. The predicted octanol–water partition coefficient (Wildman–Crippen LogP) is 5.24. The third-order valence-corrected chi connectivity index (χ3v) is 4.52. The fourth-order valence-electron chi connectivity index (χ4n) is 3.17. The highest BCUT2D eigenvalue weighted by molar-refractivity contribution is 5.40. The fraction of sp³-hybridized carbons (Fsp3) is 0.174. The smallest absolute Gasteiger partial charge is 0.0902 e. The van der Waals surface area contributed by atoms with Crippen LogP contribution in [0, 0.1) is 18.3 Å². The zero-order chi connectivity index (χ0) is 16.8. The number of benzene rings is 3. The van der Waals surface area contributed by atoms with E-state index in [1.54, 1.807) is 0 Å². The van der Waals surface area contributed by atoms with Gasteiger partial charge in [-0.1, -0.05) is 90.5 Å². The molecule has 3 aromatic carbocycles. The summed E-state index contributed by atoms with van der Waals surface area (Å²) >= 11 is 0. The molecule has 0 aliphatic heterocycles. The molecule has 0 spiro atoms. The molecule has 1 nitrogen and oxygen atoms in total. The topological polar surface area (TPSA) is 23.8 Å². The zero-order valence-electron chi connectivity index (χ0n) is 13.9. The molecule has 0 N–H and O–H groups in total. The van der Waals surface area contributed by atoms with E-state index in [1.165, 1.54) is 16.7 Å². The first-order valence-corrected chi connectivity index (χ1v) is 8.28. The van der Waals surface area contributed by atoms with E-state index in [4.69, 9.17) is 0 Å². The Morgan fingerprint density at radius 1 is 0.708 bits per heavy atom. The van der Waals surface area contributed by atoms with Gasteiger partial charge in [0.05, 0.1) is 11.5 Å². The number of nitrogens with zero attached hydrogens (tertiary/aromatic N) is 1. The third kappa shape index (κ3) is 3.55. The minimum absolute atomic E-state index is 0.559. The molecule has 0 fully saturated rings. The van der Waals surface area contributed by atoms with Crippen LogP contribution < -0.4 is 0 Å². The van der Waals surface area contributed by atoms with E-state index >= 15 is 0 Å². The van der Waals surface area contributed by atoms with Gasteiger partial charge >= 0.3 is 0 Å². The highest BCUT2D eigenvalue weighted by Gasteiger charge is 2.33. The Bertz CT molecular complexity index is 770. The molecule has 0 amide bonds. The van der Waals surface area contributed by atoms with E-state index in [0.29, 0.717) is 12.8 Å². The fourth-order valence-corrected chi connectivity index (χ4v) is 3.17. The minimum Gasteiger partial charge on any atom is -0.197 e. The van der Waals surface area contributed by atoms with Gasteiger partial charge in [0.25, 0.3) is 0 Å². The second-order valence-corrected chi connectivity index (χ2v) is 6.38. The molecule has 0 radical (unpaired) electrons. The first-order chi connectivity index (χ1) is 11.7. The highest BCUT2D eigenvalue weighted by atomic mass is 14.4. The summed E-state index contributed by atoms with van der Waals surface area (Å²) in [4.78, 5) is 0. The van der Waals surface area contributed by atoms with E-state index in [2.05, 4.69) is 61.5 Å². The lowest BCUT2D eigenvalue weighted by molar-refractivity contribution is 0.541. The van der Waals surface area contributed by atoms with Crippen molar-refractivity contribution in [1.29, 1.82) is 5.26 Å². The zero-order valence-corrected chi connectivity index (χ0v) is 13.9. The molecular weight excluding hydrogens is 290 g/mol. The first kappa shape index (κ1) is 16.0. The van der Waals surface area contributed by atoms with Gasteiger partial charge in [-0.3, -0.25) is 0 Å². The van der Waals surface area contributed by atoms with Gasteiger partial charge in [0, 0.05) is 0 Å². The van der Waals surface area contributed by atoms with Crippen molar-refractivity contribution in [2.75, 3.05) is 0 Å². The minimum atomic E-state index is -0.559. The van der Waals surface area contributed by atoms with Crippen LogP contribution in [0.15, 0.2) is 84.9 Å². The van der Waals surface area contributed by atoms with Crippen LogP contribution in [0.4, 0.5) is 0 Å². The predicted molar refractivity (Wildman–Crippen MR) is 98.8 cm³/mol. The molecule has 0 heterocycles. The maximum absolute atomic E-state index is 10.2. The van der Waals surface area contributed by atoms with E-state index in [-0.39, 0.29) is 0 Å². The average Bonchev–Trinajstić information content (AvgIpc) is 2.63. The van der Waals surface area contributed by atoms with Crippen LogP contribution in [0.3, 0.4) is 0 Å². The van der Waals surface area contributed by atoms with Crippen molar-refractivity contribution >= 4 is 0 Å². The van der Waals surface area contributed by atoms with Crippen molar-refractivity contribution in [1.82, 2.24) is 0 Å². The molecule has 118 valence electrons. The van der Waals surface area contributed by atoms with E-state index in [1.807, 2.05) is 36.4 Å². The van der Waals surface area contributed by atoms with Crippen molar-refractivity contribution in [2.24, 2.45) is 0 Å². The van der Waals surface area contributed by atoms with E-state index in [9.17, 15) is 5.26 Å². The number of hydrogen-bond acceptors (Lipinski definition) is 1. The number of rotatable bonds is 5. The second-order valence-electron chi connectivity index (χ2n) is 6.38. The van der Waals surface area contributed by atoms with Gasteiger partial charge in [-0.25, -0.2) is 0 Å². The molecule has 3 aromatic rings. The molecule has 0 saturated carbocycles. The number of hydrogen-bond donors (Lipinski definition) is 0. The van der Waals surface area contributed by atoms with Gasteiger partial charge in [0.15, 0.2) is 0 Å². The molecule has 0 saturated heterocycles. The summed E-state index contributed by atoms with van der Waals surface area (Å²) < 4.78 is 0. The van der Waals surface area contributed by atoms with Crippen molar-refractivity contribution in [3.8, 4) is 6.07 Å². The molecule has 0 bridgehead atoms. The van der Waals surface area contributed by atoms with E-state index in [0.717, 1.165) is 5.56 Å². The SMILES string of the molecule is Cc1ccc(C(C#N)(Cc2ccccc2)Cc2ccccc2)cc1. The monoisotopic (exact) mass is 311 g/mol. The maximum atomic E-state index is 10.2. The molecule has 0 aromatic heterocycles. The maximum Gasteiger partial charge on any atom is 0.0902 e. The Morgan fingerprint density at radius 3 is 1.58 bits per heavy atom. The standard InChI is InChI=1S/C23H21N/c1-19-12-14-22(15-13-19)23(18-24,16-20-8-4-2-5-9-20)17-21-10-6-3-7-11-21/h2-15H,16-17H2,1H3. The Kier molecular flexibility index (Phi) is 4.77. The summed E-state index contributed by atoms with van der Waals surface area (Å²) in [5, 5.41) is 10.2. The Morgan fingerprint density at radius 2 is 1.17 bits per heavy atom.